The third kappa shape index (κ3) is 0.707. The van der Waals surface area contributed by atoms with E-state index in [1.165, 1.54) is 30.0 Å². The molecule has 3 atom stereocenters. The summed E-state index contributed by atoms with van der Waals surface area (Å²) < 4.78 is 0. The molecule has 2 heteroatoms. The topological polar surface area (TPSA) is 23.5 Å². The van der Waals surface area contributed by atoms with Crippen LogP contribution in [0.5, 0.6) is 0 Å². The monoisotopic (exact) mass is 151 g/mol. The highest BCUT2D eigenvalue weighted by atomic mass is 16.5. The summed E-state index contributed by atoms with van der Waals surface area (Å²) in [5.74, 6) is 1.69. The predicted octanol–water partition coefficient (Wildman–Crippen LogP) is 1.76. The quantitative estimate of drug-likeness (QED) is 0.570. The average Bonchev–Trinajstić information content (AvgIpc) is 1.98. The van der Waals surface area contributed by atoms with E-state index in [1.54, 1.807) is 0 Å². The second-order valence-corrected chi connectivity index (χ2v) is 4.19. The molecule has 60 valence electrons. The summed E-state index contributed by atoms with van der Waals surface area (Å²) in [5.41, 5.74) is 1.20. The Morgan fingerprint density at radius 2 is 2.27 bits per heavy atom. The lowest BCUT2D eigenvalue weighted by atomic mass is 9.69. The summed E-state index contributed by atoms with van der Waals surface area (Å²) in [7, 11) is 0. The van der Waals surface area contributed by atoms with Gasteiger partial charge >= 0.3 is 0 Å². The first-order valence-electron chi connectivity index (χ1n) is 4.52. The van der Waals surface area contributed by atoms with E-state index in [4.69, 9.17) is 0 Å². The summed E-state index contributed by atoms with van der Waals surface area (Å²) in [6.45, 7) is 0. The molecule has 0 aromatic carbocycles. The Labute approximate surface area is 66.5 Å². The van der Waals surface area contributed by atoms with Crippen LogP contribution in [0.2, 0.25) is 0 Å². The highest BCUT2D eigenvalue weighted by Crippen LogP contribution is 2.46. The minimum Gasteiger partial charge on any atom is -0.288 e. The van der Waals surface area contributed by atoms with Crippen molar-refractivity contribution >= 4 is 0 Å². The fourth-order valence-corrected chi connectivity index (χ4v) is 2.99. The van der Waals surface area contributed by atoms with Crippen LogP contribution in [0.25, 0.3) is 0 Å². The Balaban J connectivity index is 2.04. The van der Waals surface area contributed by atoms with Gasteiger partial charge in [-0.1, -0.05) is 6.08 Å². The molecule has 4 rings (SSSR count). The van der Waals surface area contributed by atoms with Gasteiger partial charge in [-0.3, -0.25) is 10.3 Å². The predicted molar refractivity (Wildman–Crippen MR) is 40.9 cm³/mol. The molecule has 0 spiro atoms. The van der Waals surface area contributed by atoms with E-state index in [0.29, 0.717) is 6.04 Å². The first-order chi connectivity index (χ1) is 5.33. The molecule has 2 nitrogen and oxygen atoms in total. The van der Waals surface area contributed by atoms with Crippen molar-refractivity contribution in [3.63, 3.8) is 0 Å². The van der Waals surface area contributed by atoms with E-state index in [2.05, 4.69) is 6.08 Å². The molecule has 2 heterocycles. The molecule has 3 unspecified atom stereocenters. The summed E-state index contributed by atoms with van der Waals surface area (Å²) >= 11 is 0. The van der Waals surface area contributed by atoms with Gasteiger partial charge in [0.15, 0.2) is 0 Å². The van der Waals surface area contributed by atoms with Crippen LogP contribution in [-0.2, 0) is 0 Å². The van der Waals surface area contributed by atoms with E-state index < -0.39 is 0 Å². The molecule has 4 aliphatic rings. The van der Waals surface area contributed by atoms with Crippen molar-refractivity contribution in [2.45, 2.75) is 31.7 Å². The van der Waals surface area contributed by atoms with Crippen molar-refractivity contribution in [3.05, 3.63) is 11.8 Å². The van der Waals surface area contributed by atoms with Gasteiger partial charge in [0.25, 0.3) is 0 Å². The van der Waals surface area contributed by atoms with Crippen molar-refractivity contribution in [1.29, 1.82) is 0 Å². The van der Waals surface area contributed by atoms with Crippen LogP contribution >= 0.6 is 0 Å². The Morgan fingerprint density at radius 1 is 1.36 bits per heavy atom. The van der Waals surface area contributed by atoms with Crippen LogP contribution in [0, 0.1) is 11.8 Å². The van der Waals surface area contributed by atoms with Crippen LogP contribution < -0.4 is 0 Å². The van der Waals surface area contributed by atoms with Gasteiger partial charge in [-0.25, -0.2) is 0 Å². The van der Waals surface area contributed by atoms with Crippen LogP contribution in [0.4, 0.5) is 0 Å². The highest BCUT2D eigenvalue weighted by molar-refractivity contribution is 5.16. The van der Waals surface area contributed by atoms with Crippen molar-refractivity contribution in [1.82, 2.24) is 5.06 Å². The van der Waals surface area contributed by atoms with Crippen LogP contribution in [0.3, 0.4) is 0 Å². The van der Waals surface area contributed by atoms with E-state index in [0.717, 1.165) is 18.3 Å². The zero-order valence-electron chi connectivity index (χ0n) is 6.53. The summed E-state index contributed by atoms with van der Waals surface area (Å²) in [5, 5.41) is 11.1. The number of nitrogens with zero attached hydrogens (tertiary/aromatic N) is 1. The highest BCUT2D eigenvalue weighted by Gasteiger charge is 2.41. The van der Waals surface area contributed by atoms with Crippen LogP contribution in [0.1, 0.15) is 25.7 Å². The second kappa shape index (κ2) is 1.81. The largest absolute Gasteiger partial charge is 0.288 e. The second-order valence-electron chi connectivity index (χ2n) is 4.19. The van der Waals surface area contributed by atoms with E-state index in [9.17, 15) is 5.21 Å². The van der Waals surface area contributed by atoms with Gasteiger partial charge in [-0.15, -0.1) is 0 Å². The lowest BCUT2D eigenvalue weighted by Gasteiger charge is -2.49. The number of allylic oxidation sites excluding steroid dienone is 2. The van der Waals surface area contributed by atoms with Gasteiger partial charge in [0.1, 0.15) is 0 Å². The normalized spacial score (nSPS) is 46.5. The van der Waals surface area contributed by atoms with Crippen molar-refractivity contribution < 1.29 is 5.21 Å². The molecular formula is C9H13NO. The molecule has 11 heavy (non-hydrogen) atoms. The zero-order chi connectivity index (χ0) is 7.42. The maximum Gasteiger partial charge on any atom is 0.0568 e. The summed E-state index contributed by atoms with van der Waals surface area (Å²) in [4.78, 5) is 0. The summed E-state index contributed by atoms with van der Waals surface area (Å²) in [6.07, 6.45) is 7.20. The van der Waals surface area contributed by atoms with Gasteiger partial charge in [0.05, 0.1) is 6.04 Å². The first kappa shape index (κ1) is 6.06. The minimum absolute atomic E-state index is 0.465. The maximum atomic E-state index is 9.59. The van der Waals surface area contributed by atoms with E-state index >= 15 is 0 Å². The molecule has 0 aromatic heterocycles. The molecule has 1 saturated heterocycles. The van der Waals surface area contributed by atoms with Gasteiger partial charge < -0.3 is 0 Å². The number of piperidine rings is 1. The molecular weight excluding hydrogens is 138 g/mol. The lowest BCUT2D eigenvalue weighted by molar-refractivity contribution is -0.143. The van der Waals surface area contributed by atoms with Crippen LogP contribution in [-0.4, -0.2) is 16.3 Å². The fourth-order valence-electron chi connectivity index (χ4n) is 2.99. The van der Waals surface area contributed by atoms with Gasteiger partial charge in [-0.05, 0) is 37.5 Å². The number of rotatable bonds is 0. The molecule has 0 amide bonds. The molecule has 2 aliphatic carbocycles. The zero-order valence-corrected chi connectivity index (χ0v) is 6.53. The SMILES string of the molecule is ON1C2=CC3CC(C2)CC1C3. The first-order valence-corrected chi connectivity index (χ1v) is 4.52. The van der Waals surface area contributed by atoms with Crippen molar-refractivity contribution in [2.75, 3.05) is 0 Å². The number of hydrogen-bond acceptors (Lipinski definition) is 2. The average molecular weight is 151 g/mol. The van der Waals surface area contributed by atoms with Crippen LogP contribution in [0.15, 0.2) is 11.8 Å². The standard InChI is InChI=1S/C9H13NO/c11-10-8-2-6-1-7(4-8)5-9(10)3-6/h2,6-7,9,11H,1,3-5H2. The summed E-state index contributed by atoms with van der Waals surface area (Å²) in [6, 6.07) is 0.465. The molecule has 0 aromatic rings. The smallest absolute Gasteiger partial charge is 0.0568 e. The molecule has 2 aliphatic heterocycles. The molecule has 0 radical (unpaired) electrons. The Morgan fingerprint density at radius 3 is 3.00 bits per heavy atom. The Bertz CT molecular complexity index is 224. The van der Waals surface area contributed by atoms with E-state index in [-0.39, 0.29) is 0 Å². The number of hydroxylamine groups is 2. The number of hydrogen-bond donors (Lipinski definition) is 1. The molecule has 1 N–H and O–H groups in total. The molecule has 1 saturated carbocycles. The van der Waals surface area contributed by atoms with Crippen molar-refractivity contribution in [3.8, 4) is 0 Å². The van der Waals surface area contributed by atoms with E-state index in [1.807, 2.05) is 0 Å². The third-order valence-electron chi connectivity index (χ3n) is 3.38. The maximum absolute atomic E-state index is 9.59. The molecule has 4 bridgehead atoms. The lowest BCUT2D eigenvalue weighted by Crippen LogP contribution is -2.47. The molecule has 2 fully saturated rings. The van der Waals surface area contributed by atoms with Gasteiger partial charge in [0, 0.05) is 5.70 Å². The Hall–Kier alpha value is -0.500. The van der Waals surface area contributed by atoms with Gasteiger partial charge in [-0.2, -0.15) is 0 Å². The third-order valence-corrected chi connectivity index (χ3v) is 3.38. The van der Waals surface area contributed by atoms with Crippen molar-refractivity contribution in [2.24, 2.45) is 11.8 Å². The minimum atomic E-state index is 0.465. The fraction of sp³-hybridized carbons (Fsp3) is 0.778. The van der Waals surface area contributed by atoms with Gasteiger partial charge in [0.2, 0.25) is 0 Å². The Kier molecular flexibility index (Phi) is 0.995.